The van der Waals surface area contributed by atoms with E-state index < -0.39 is 16.1 Å². The zero-order chi connectivity index (χ0) is 13.8. The molecule has 0 fully saturated rings. The van der Waals surface area contributed by atoms with Crippen LogP contribution in [0.5, 0.6) is 0 Å². The summed E-state index contributed by atoms with van der Waals surface area (Å²) >= 11 is 0. The van der Waals surface area contributed by atoms with Crippen LogP contribution >= 0.6 is 0 Å². The molecule has 0 unspecified atom stereocenters. The summed E-state index contributed by atoms with van der Waals surface area (Å²) in [5.41, 5.74) is 0.529. The minimum Gasteiger partial charge on any atom is -0.464 e. The molecule has 2 N–H and O–H groups in total. The molecule has 0 aliphatic rings. The third-order valence-electron chi connectivity index (χ3n) is 2.09. The fraction of sp³-hybridized carbons (Fsp3) is 0.182. The van der Waals surface area contributed by atoms with Crippen LogP contribution in [0.15, 0.2) is 29.2 Å². The normalized spacial score (nSPS) is 10.3. The molecule has 0 aliphatic heterocycles. The van der Waals surface area contributed by atoms with Crippen LogP contribution in [0.4, 0.5) is 4.79 Å². The monoisotopic (exact) mass is 269 g/mol. The first-order chi connectivity index (χ1) is 8.39. The topological polar surface area (TPSA) is 94.9 Å². The Kier molecular flexibility index (Phi) is 4.31. The lowest BCUT2D eigenvalue weighted by molar-refractivity contribution is 0.178. The molecule has 0 bridgehead atoms. The number of rotatable bonds is 2. The highest BCUT2D eigenvalue weighted by Gasteiger charge is 2.24. The van der Waals surface area contributed by atoms with E-state index >= 15 is 0 Å². The Hall–Kier alpha value is -2.04. The molecular formula is C11H11NO5S. The Balaban J connectivity index is 3.09. The van der Waals surface area contributed by atoms with E-state index in [0.29, 0.717) is 5.56 Å². The lowest BCUT2D eigenvalue weighted by Crippen LogP contribution is -2.31. The van der Waals surface area contributed by atoms with Gasteiger partial charge < -0.3 is 10.2 Å². The Bertz CT molecular complexity index is 595. The number of aliphatic hydroxyl groups is 1. The van der Waals surface area contributed by atoms with Gasteiger partial charge in [-0.3, -0.25) is 0 Å². The molecule has 1 rings (SSSR count). The standard InChI is InChI=1S/C11H11NO5S/c1-12(11(14)15)18(16,17)10-6-4-9(5-7-10)3-2-8-13/h4-7,13H,8H2,1H3,(H,14,15). The van der Waals surface area contributed by atoms with Crippen LogP contribution < -0.4 is 0 Å². The van der Waals surface area contributed by atoms with E-state index in [2.05, 4.69) is 11.8 Å². The Morgan fingerprint density at radius 3 is 2.33 bits per heavy atom. The van der Waals surface area contributed by atoms with Crippen LogP contribution in [0.1, 0.15) is 5.56 Å². The SMILES string of the molecule is CN(C(=O)O)S(=O)(=O)c1ccc(C#CCO)cc1. The van der Waals surface area contributed by atoms with Crippen LogP contribution in [0.25, 0.3) is 0 Å². The van der Waals surface area contributed by atoms with Gasteiger partial charge >= 0.3 is 6.09 Å². The van der Waals surface area contributed by atoms with Gasteiger partial charge in [0.25, 0.3) is 10.0 Å². The van der Waals surface area contributed by atoms with Crippen molar-refractivity contribution in [2.24, 2.45) is 0 Å². The largest absolute Gasteiger partial charge is 0.464 e. The van der Waals surface area contributed by atoms with Crippen LogP contribution in [0, 0.1) is 11.8 Å². The van der Waals surface area contributed by atoms with Crippen LogP contribution in [0.3, 0.4) is 0 Å². The van der Waals surface area contributed by atoms with E-state index in [4.69, 9.17) is 10.2 Å². The van der Waals surface area contributed by atoms with E-state index in [1.165, 1.54) is 24.3 Å². The summed E-state index contributed by atoms with van der Waals surface area (Å²) in [5, 5.41) is 17.2. The molecule has 0 saturated heterocycles. The molecule has 1 amide bonds. The minimum atomic E-state index is -4.04. The molecule has 0 saturated carbocycles. The lowest BCUT2D eigenvalue weighted by atomic mass is 10.2. The van der Waals surface area contributed by atoms with Crippen molar-refractivity contribution >= 4 is 16.1 Å². The predicted molar refractivity (Wildman–Crippen MR) is 63.4 cm³/mol. The zero-order valence-electron chi connectivity index (χ0n) is 9.49. The first-order valence-corrected chi connectivity index (χ1v) is 6.25. The summed E-state index contributed by atoms with van der Waals surface area (Å²) in [6, 6.07) is 5.39. The molecule has 6 nitrogen and oxygen atoms in total. The smallest absolute Gasteiger partial charge is 0.421 e. The Labute approximate surface area is 105 Å². The van der Waals surface area contributed by atoms with Gasteiger partial charge in [0.1, 0.15) is 6.61 Å². The summed E-state index contributed by atoms with van der Waals surface area (Å²) in [4.78, 5) is 10.5. The molecular weight excluding hydrogens is 258 g/mol. The Morgan fingerprint density at radius 2 is 1.89 bits per heavy atom. The molecule has 1 aromatic rings. The molecule has 7 heteroatoms. The van der Waals surface area contributed by atoms with Gasteiger partial charge in [0.15, 0.2) is 0 Å². The predicted octanol–water partition coefficient (Wildman–Crippen LogP) is 0.329. The zero-order valence-corrected chi connectivity index (χ0v) is 10.3. The number of hydrogen-bond donors (Lipinski definition) is 2. The van der Waals surface area contributed by atoms with E-state index in [9.17, 15) is 13.2 Å². The first kappa shape index (κ1) is 14.0. The van der Waals surface area contributed by atoms with Crippen LogP contribution in [-0.4, -0.2) is 42.7 Å². The first-order valence-electron chi connectivity index (χ1n) is 4.81. The lowest BCUT2D eigenvalue weighted by Gasteiger charge is -2.13. The van der Waals surface area contributed by atoms with Crippen molar-refractivity contribution in [2.75, 3.05) is 13.7 Å². The molecule has 0 spiro atoms. The number of amides is 1. The second kappa shape index (κ2) is 5.53. The number of sulfonamides is 1. The van der Waals surface area contributed by atoms with Gasteiger partial charge in [-0.15, -0.1) is 0 Å². The fourth-order valence-electron chi connectivity index (χ4n) is 1.11. The maximum atomic E-state index is 11.8. The Morgan fingerprint density at radius 1 is 1.33 bits per heavy atom. The van der Waals surface area contributed by atoms with E-state index in [1.54, 1.807) is 0 Å². The number of nitrogens with zero attached hydrogens (tertiary/aromatic N) is 1. The highest BCUT2D eigenvalue weighted by atomic mass is 32.2. The summed E-state index contributed by atoms with van der Waals surface area (Å²) in [5.74, 6) is 5.02. The summed E-state index contributed by atoms with van der Waals surface area (Å²) in [6.45, 7) is -0.290. The van der Waals surface area contributed by atoms with Gasteiger partial charge in [0.05, 0.1) is 4.90 Å². The highest BCUT2D eigenvalue weighted by molar-refractivity contribution is 7.89. The molecule has 96 valence electrons. The van der Waals surface area contributed by atoms with Gasteiger partial charge in [-0.25, -0.2) is 17.5 Å². The van der Waals surface area contributed by atoms with Crippen LogP contribution in [0.2, 0.25) is 0 Å². The fourth-order valence-corrected chi connectivity index (χ4v) is 2.11. The molecule has 0 radical (unpaired) electrons. The maximum absolute atomic E-state index is 11.8. The molecule has 0 aromatic heterocycles. The van der Waals surface area contributed by atoms with E-state index in [1.807, 2.05) is 0 Å². The molecule has 1 aromatic carbocycles. The number of aliphatic hydroxyl groups excluding tert-OH is 1. The molecule has 0 atom stereocenters. The molecule has 0 heterocycles. The summed E-state index contributed by atoms with van der Waals surface area (Å²) in [6.07, 6.45) is -1.56. The number of hydrogen-bond acceptors (Lipinski definition) is 4. The van der Waals surface area contributed by atoms with Gasteiger partial charge in [-0.2, -0.15) is 0 Å². The summed E-state index contributed by atoms with van der Waals surface area (Å²) in [7, 11) is -3.08. The van der Waals surface area contributed by atoms with Crippen molar-refractivity contribution < 1.29 is 23.4 Å². The van der Waals surface area contributed by atoms with Crippen molar-refractivity contribution in [3.8, 4) is 11.8 Å². The average Bonchev–Trinajstić information content (AvgIpc) is 2.35. The molecule has 18 heavy (non-hydrogen) atoms. The number of benzene rings is 1. The van der Waals surface area contributed by atoms with Crippen LogP contribution in [-0.2, 0) is 10.0 Å². The van der Waals surface area contributed by atoms with Crippen molar-refractivity contribution in [1.82, 2.24) is 4.31 Å². The quantitative estimate of drug-likeness (QED) is 0.754. The third-order valence-corrected chi connectivity index (χ3v) is 3.84. The van der Waals surface area contributed by atoms with Crippen molar-refractivity contribution in [3.05, 3.63) is 29.8 Å². The van der Waals surface area contributed by atoms with E-state index in [0.717, 1.165) is 7.05 Å². The molecule has 0 aliphatic carbocycles. The second-order valence-electron chi connectivity index (χ2n) is 3.24. The van der Waals surface area contributed by atoms with Crippen molar-refractivity contribution in [1.29, 1.82) is 0 Å². The van der Waals surface area contributed by atoms with Gasteiger partial charge in [0, 0.05) is 12.6 Å². The van der Waals surface area contributed by atoms with Gasteiger partial charge in [-0.05, 0) is 24.3 Å². The van der Waals surface area contributed by atoms with Crippen molar-refractivity contribution in [2.45, 2.75) is 4.90 Å². The van der Waals surface area contributed by atoms with Gasteiger partial charge in [-0.1, -0.05) is 11.8 Å². The number of carboxylic acid groups (broad SMARTS) is 1. The van der Waals surface area contributed by atoms with Crippen molar-refractivity contribution in [3.63, 3.8) is 0 Å². The summed E-state index contributed by atoms with van der Waals surface area (Å²) < 4.78 is 23.8. The average molecular weight is 269 g/mol. The second-order valence-corrected chi connectivity index (χ2v) is 5.21. The maximum Gasteiger partial charge on any atom is 0.421 e. The number of carbonyl (C=O) groups is 1. The van der Waals surface area contributed by atoms with E-state index in [-0.39, 0.29) is 15.8 Å². The highest BCUT2D eigenvalue weighted by Crippen LogP contribution is 2.14. The third kappa shape index (κ3) is 3.00. The minimum absolute atomic E-state index is 0.137. The van der Waals surface area contributed by atoms with Gasteiger partial charge in [0.2, 0.25) is 0 Å².